The van der Waals surface area contributed by atoms with Crippen LogP contribution in [0.2, 0.25) is 0 Å². The molecule has 1 nitrogen and oxygen atoms in total. The zero-order chi connectivity index (χ0) is 12.5. The number of halogens is 3. The normalized spacial score (nSPS) is 20.5. The van der Waals surface area contributed by atoms with Crippen LogP contribution in [0.4, 0.5) is 13.2 Å². The van der Waals surface area contributed by atoms with E-state index in [1.54, 1.807) is 6.08 Å². The molecule has 1 atom stereocenters. The maximum Gasteiger partial charge on any atom is 0.416 e. The lowest BCUT2D eigenvalue weighted by Gasteiger charge is -2.07. The SMILES string of the molecule is OC1C=C(Cc2ccc(C(F)(F)F)cc2)CC1. The fourth-order valence-electron chi connectivity index (χ4n) is 1.99. The van der Waals surface area contributed by atoms with Gasteiger partial charge in [-0.1, -0.05) is 23.8 Å². The lowest BCUT2D eigenvalue weighted by atomic mass is 10.0. The molecule has 0 heterocycles. The number of hydrogen-bond donors (Lipinski definition) is 1. The van der Waals surface area contributed by atoms with Crippen LogP contribution < -0.4 is 0 Å². The minimum atomic E-state index is -4.28. The monoisotopic (exact) mass is 242 g/mol. The molecule has 1 N–H and O–H groups in total. The topological polar surface area (TPSA) is 20.2 Å². The first-order chi connectivity index (χ1) is 7.95. The smallest absolute Gasteiger partial charge is 0.389 e. The first kappa shape index (κ1) is 12.2. The molecular formula is C13H13F3O. The Hall–Kier alpha value is -1.29. The molecule has 0 fully saturated rings. The van der Waals surface area contributed by atoms with Crippen LogP contribution >= 0.6 is 0 Å². The Kier molecular flexibility index (Phi) is 3.24. The van der Waals surface area contributed by atoms with Gasteiger partial charge in [-0.2, -0.15) is 13.2 Å². The first-order valence-electron chi connectivity index (χ1n) is 5.49. The zero-order valence-corrected chi connectivity index (χ0v) is 9.17. The molecule has 92 valence electrons. The second kappa shape index (κ2) is 4.53. The summed E-state index contributed by atoms with van der Waals surface area (Å²) in [5, 5.41) is 9.30. The van der Waals surface area contributed by atoms with Gasteiger partial charge in [-0.05, 0) is 37.0 Å². The standard InChI is InChI=1S/C13H13F3O/c14-13(15,16)11-4-1-9(2-5-11)7-10-3-6-12(17)8-10/h1-2,4-5,8,12,17H,3,6-7H2. The van der Waals surface area contributed by atoms with Crippen molar-refractivity contribution in [3.8, 4) is 0 Å². The molecule has 1 aliphatic rings. The maximum absolute atomic E-state index is 12.3. The largest absolute Gasteiger partial charge is 0.416 e. The van der Waals surface area contributed by atoms with Crippen molar-refractivity contribution in [2.75, 3.05) is 0 Å². The van der Waals surface area contributed by atoms with Crippen LogP contribution in [-0.2, 0) is 12.6 Å². The van der Waals surface area contributed by atoms with E-state index in [1.807, 2.05) is 0 Å². The highest BCUT2D eigenvalue weighted by Gasteiger charge is 2.29. The second-order valence-electron chi connectivity index (χ2n) is 4.30. The predicted octanol–water partition coefficient (Wildman–Crippen LogP) is 3.33. The maximum atomic E-state index is 12.3. The zero-order valence-electron chi connectivity index (χ0n) is 9.17. The molecule has 0 amide bonds. The molecule has 0 aliphatic heterocycles. The molecule has 1 aromatic carbocycles. The number of alkyl halides is 3. The van der Waals surface area contributed by atoms with E-state index in [2.05, 4.69) is 0 Å². The fraction of sp³-hybridized carbons (Fsp3) is 0.385. The van der Waals surface area contributed by atoms with E-state index >= 15 is 0 Å². The third-order valence-electron chi connectivity index (χ3n) is 2.90. The van der Waals surface area contributed by atoms with E-state index in [0.717, 1.165) is 36.1 Å². The van der Waals surface area contributed by atoms with Gasteiger partial charge in [0.1, 0.15) is 0 Å². The van der Waals surface area contributed by atoms with Crippen LogP contribution in [0.5, 0.6) is 0 Å². The molecule has 0 bridgehead atoms. The Balaban J connectivity index is 2.06. The summed E-state index contributed by atoms with van der Waals surface area (Å²) in [5.41, 5.74) is 1.32. The molecule has 0 spiro atoms. The van der Waals surface area contributed by atoms with Crippen molar-refractivity contribution >= 4 is 0 Å². The van der Waals surface area contributed by atoms with Gasteiger partial charge in [0.2, 0.25) is 0 Å². The molecule has 1 aliphatic carbocycles. The van der Waals surface area contributed by atoms with E-state index in [-0.39, 0.29) is 6.10 Å². The van der Waals surface area contributed by atoms with E-state index < -0.39 is 11.7 Å². The van der Waals surface area contributed by atoms with Crippen LogP contribution in [0.3, 0.4) is 0 Å². The Bertz CT molecular complexity index is 417. The van der Waals surface area contributed by atoms with E-state index in [4.69, 9.17) is 0 Å². The average Bonchev–Trinajstić information content (AvgIpc) is 2.63. The highest BCUT2D eigenvalue weighted by molar-refractivity contribution is 5.29. The van der Waals surface area contributed by atoms with Crippen LogP contribution in [0, 0.1) is 0 Å². The van der Waals surface area contributed by atoms with E-state index in [1.165, 1.54) is 12.1 Å². The second-order valence-corrected chi connectivity index (χ2v) is 4.30. The fourth-order valence-corrected chi connectivity index (χ4v) is 1.99. The Labute approximate surface area is 97.6 Å². The van der Waals surface area contributed by atoms with Crippen molar-refractivity contribution in [1.82, 2.24) is 0 Å². The minimum absolute atomic E-state index is 0.389. The van der Waals surface area contributed by atoms with Crippen LogP contribution in [-0.4, -0.2) is 11.2 Å². The van der Waals surface area contributed by atoms with Gasteiger partial charge in [0, 0.05) is 0 Å². The summed E-state index contributed by atoms with van der Waals surface area (Å²) in [6, 6.07) is 5.19. The van der Waals surface area contributed by atoms with Gasteiger partial charge >= 0.3 is 6.18 Å². The lowest BCUT2D eigenvalue weighted by molar-refractivity contribution is -0.137. The quantitative estimate of drug-likeness (QED) is 0.789. The third-order valence-corrected chi connectivity index (χ3v) is 2.90. The Morgan fingerprint density at radius 1 is 1.18 bits per heavy atom. The van der Waals surface area contributed by atoms with Crippen LogP contribution in [0.15, 0.2) is 35.9 Å². The molecule has 2 rings (SSSR count). The van der Waals surface area contributed by atoms with Gasteiger partial charge in [0.15, 0.2) is 0 Å². The summed E-state index contributed by atoms with van der Waals surface area (Å²) in [6.45, 7) is 0. The number of benzene rings is 1. The Morgan fingerprint density at radius 3 is 2.29 bits per heavy atom. The number of allylic oxidation sites excluding steroid dienone is 1. The molecule has 1 unspecified atom stereocenters. The summed E-state index contributed by atoms with van der Waals surface area (Å²) < 4.78 is 37.0. The Morgan fingerprint density at radius 2 is 1.82 bits per heavy atom. The lowest BCUT2D eigenvalue weighted by Crippen LogP contribution is -2.04. The third kappa shape index (κ3) is 3.09. The minimum Gasteiger partial charge on any atom is -0.389 e. The summed E-state index contributed by atoms with van der Waals surface area (Å²) >= 11 is 0. The van der Waals surface area contributed by atoms with Crippen LogP contribution in [0.1, 0.15) is 24.0 Å². The first-order valence-corrected chi connectivity index (χ1v) is 5.49. The van der Waals surface area contributed by atoms with Crippen molar-refractivity contribution in [3.05, 3.63) is 47.0 Å². The number of rotatable bonds is 2. The van der Waals surface area contributed by atoms with Crippen molar-refractivity contribution in [2.45, 2.75) is 31.5 Å². The molecule has 4 heteroatoms. The van der Waals surface area contributed by atoms with E-state index in [0.29, 0.717) is 6.42 Å². The number of hydrogen-bond acceptors (Lipinski definition) is 1. The van der Waals surface area contributed by atoms with Gasteiger partial charge in [-0.15, -0.1) is 0 Å². The summed E-state index contributed by atoms with van der Waals surface area (Å²) in [5.74, 6) is 0. The molecule has 0 aromatic heterocycles. The molecule has 0 radical (unpaired) electrons. The highest BCUT2D eigenvalue weighted by Crippen LogP contribution is 2.30. The van der Waals surface area contributed by atoms with Crippen LogP contribution in [0.25, 0.3) is 0 Å². The van der Waals surface area contributed by atoms with Gasteiger partial charge in [0.25, 0.3) is 0 Å². The van der Waals surface area contributed by atoms with Gasteiger partial charge in [-0.3, -0.25) is 0 Å². The van der Waals surface area contributed by atoms with Crippen molar-refractivity contribution in [3.63, 3.8) is 0 Å². The molecular weight excluding hydrogens is 229 g/mol. The number of aliphatic hydroxyl groups excluding tert-OH is 1. The highest BCUT2D eigenvalue weighted by atomic mass is 19.4. The van der Waals surface area contributed by atoms with Gasteiger partial charge in [-0.25, -0.2) is 0 Å². The molecule has 17 heavy (non-hydrogen) atoms. The van der Waals surface area contributed by atoms with Gasteiger partial charge in [0.05, 0.1) is 11.7 Å². The molecule has 0 saturated carbocycles. The van der Waals surface area contributed by atoms with E-state index in [9.17, 15) is 18.3 Å². The average molecular weight is 242 g/mol. The van der Waals surface area contributed by atoms with Crippen molar-refractivity contribution < 1.29 is 18.3 Å². The van der Waals surface area contributed by atoms with Crippen molar-refractivity contribution in [1.29, 1.82) is 0 Å². The summed E-state index contributed by atoms with van der Waals surface area (Å²) in [4.78, 5) is 0. The molecule has 0 saturated heterocycles. The van der Waals surface area contributed by atoms with Gasteiger partial charge < -0.3 is 5.11 Å². The number of aliphatic hydroxyl groups is 1. The predicted molar refractivity (Wildman–Crippen MR) is 58.5 cm³/mol. The summed E-state index contributed by atoms with van der Waals surface area (Å²) in [6.07, 6.45) is -0.716. The molecule has 1 aromatic rings. The summed E-state index contributed by atoms with van der Waals surface area (Å²) in [7, 11) is 0. The van der Waals surface area contributed by atoms with Crippen molar-refractivity contribution in [2.24, 2.45) is 0 Å².